The summed E-state index contributed by atoms with van der Waals surface area (Å²) in [7, 11) is 5.02. The summed E-state index contributed by atoms with van der Waals surface area (Å²) in [6.45, 7) is 2.43. The molecule has 1 fully saturated rings. The topological polar surface area (TPSA) is 72.7 Å². The normalized spacial score (nSPS) is 13.6. The van der Waals surface area contributed by atoms with E-state index in [9.17, 15) is 4.79 Å². The first kappa shape index (κ1) is 23.9. The van der Waals surface area contributed by atoms with Crippen LogP contribution in [0.3, 0.4) is 0 Å². The lowest BCUT2D eigenvalue weighted by atomic mass is 10.1. The van der Waals surface area contributed by atoms with E-state index >= 15 is 0 Å². The summed E-state index contributed by atoms with van der Waals surface area (Å²) in [6.07, 6.45) is 3.56. The van der Waals surface area contributed by atoms with Crippen molar-refractivity contribution in [3.63, 3.8) is 0 Å². The predicted octanol–water partition coefficient (Wildman–Crippen LogP) is 4.03. The number of para-hydroxylation sites is 1. The van der Waals surface area contributed by atoms with E-state index in [0.29, 0.717) is 18.0 Å². The number of piperidine rings is 1. The molecular weight excluding hydrogens is 450 g/mol. The fourth-order valence-electron chi connectivity index (χ4n) is 4.03. The molecule has 2 heterocycles. The molecule has 0 N–H and O–H groups in total. The third-order valence-electron chi connectivity index (χ3n) is 5.89. The van der Waals surface area contributed by atoms with Gasteiger partial charge in [-0.2, -0.15) is 0 Å². The molecule has 3 aromatic rings. The minimum atomic E-state index is 0.0157. The number of carbonyl (C=O) groups excluding carboxylic acids is 1. The summed E-state index contributed by atoms with van der Waals surface area (Å²) < 4.78 is 12.7. The smallest absolute Gasteiger partial charge is 0.233 e. The number of methoxy groups -OCH3 is 2. The van der Waals surface area contributed by atoms with Gasteiger partial charge in [-0.3, -0.25) is 9.36 Å². The van der Waals surface area contributed by atoms with Crippen LogP contribution in [0.15, 0.2) is 53.7 Å². The average Bonchev–Trinajstić information content (AvgIpc) is 3.32. The standard InChI is InChI=1S/C25H31N5O3S/c1-28(17-19-12-13-21(32-2)22(16-19)33-3)23(31)18-34-25-27-26-24(29-14-8-5-9-15-29)30(25)20-10-6-4-7-11-20/h4,6-7,10-13,16H,5,8-9,14-15,17-18H2,1-3H3. The molecule has 1 aromatic heterocycles. The van der Waals surface area contributed by atoms with Crippen molar-refractivity contribution in [3.8, 4) is 17.2 Å². The van der Waals surface area contributed by atoms with Crippen molar-refractivity contribution in [3.05, 3.63) is 54.1 Å². The predicted molar refractivity (Wildman–Crippen MR) is 134 cm³/mol. The second-order valence-electron chi connectivity index (χ2n) is 8.23. The molecular formula is C25H31N5O3S. The molecule has 2 aromatic carbocycles. The van der Waals surface area contributed by atoms with Gasteiger partial charge in [-0.05, 0) is 49.1 Å². The van der Waals surface area contributed by atoms with Crippen LogP contribution in [0, 0.1) is 0 Å². The monoisotopic (exact) mass is 481 g/mol. The molecule has 0 unspecified atom stereocenters. The molecule has 180 valence electrons. The highest BCUT2D eigenvalue weighted by Gasteiger charge is 2.22. The molecule has 1 aliphatic heterocycles. The SMILES string of the molecule is COc1ccc(CN(C)C(=O)CSc2nnc(N3CCCCC3)n2-c2ccccc2)cc1OC. The van der Waals surface area contributed by atoms with E-state index in [4.69, 9.17) is 9.47 Å². The molecule has 34 heavy (non-hydrogen) atoms. The summed E-state index contributed by atoms with van der Waals surface area (Å²) >= 11 is 1.41. The molecule has 0 saturated carbocycles. The third-order valence-corrected chi connectivity index (χ3v) is 6.80. The summed E-state index contributed by atoms with van der Waals surface area (Å²) in [5.41, 5.74) is 1.97. The van der Waals surface area contributed by atoms with Crippen LogP contribution in [0.2, 0.25) is 0 Å². The lowest BCUT2D eigenvalue weighted by Crippen LogP contribution is -2.31. The molecule has 1 amide bonds. The van der Waals surface area contributed by atoms with Crippen molar-refractivity contribution in [2.75, 3.05) is 45.0 Å². The Morgan fingerprint density at radius 2 is 1.74 bits per heavy atom. The Morgan fingerprint density at radius 3 is 2.44 bits per heavy atom. The van der Waals surface area contributed by atoms with Gasteiger partial charge < -0.3 is 19.3 Å². The molecule has 0 spiro atoms. The van der Waals surface area contributed by atoms with Gasteiger partial charge >= 0.3 is 0 Å². The summed E-state index contributed by atoms with van der Waals surface area (Å²) in [5.74, 6) is 2.45. The summed E-state index contributed by atoms with van der Waals surface area (Å²) in [6, 6.07) is 15.8. The Kier molecular flexibility index (Phi) is 7.95. The Labute approximate surface area is 204 Å². The zero-order valence-corrected chi connectivity index (χ0v) is 20.8. The molecule has 0 bridgehead atoms. The van der Waals surface area contributed by atoms with Gasteiger partial charge in [-0.1, -0.05) is 36.0 Å². The maximum atomic E-state index is 12.9. The number of nitrogens with zero attached hydrogens (tertiary/aromatic N) is 5. The van der Waals surface area contributed by atoms with Crippen LogP contribution in [-0.4, -0.2) is 65.7 Å². The molecule has 0 radical (unpaired) electrons. The molecule has 1 aliphatic rings. The molecule has 0 atom stereocenters. The van der Waals surface area contributed by atoms with Gasteiger partial charge in [0.25, 0.3) is 0 Å². The van der Waals surface area contributed by atoms with E-state index < -0.39 is 0 Å². The number of rotatable bonds is 9. The van der Waals surface area contributed by atoms with E-state index in [1.54, 1.807) is 26.2 Å². The second-order valence-corrected chi connectivity index (χ2v) is 9.17. The molecule has 4 rings (SSSR count). The fraction of sp³-hybridized carbons (Fsp3) is 0.400. The molecule has 8 nitrogen and oxygen atoms in total. The highest BCUT2D eigenvalue weighted by molar-refractivity contribution is 7.99. The van der Waals surface area contributed by atoms with Crippen LogP contribution < -0.4 is 14.4 Å². The van der Waals surface area contributed by atoms with Gasteiger partial charge in [-0.15, -0.1) is 10.2 Å². The van der Waals surface area contributed by atoms with E-state index in [1.165, 1.54) is 18.2 Å². The number of amides is 1. The van der Waals surface area contributed by atoms with Crippen molar-refractivity contribution in [2.45, 2.75) is 31.0 Å². The minimum absolute atomic E-state index is 0.0157. The number of anilines is 1. The van der Waals surface area contributed by atoms with Gasteiger partial charge in [-0.25, -0.2) is 0 Å². The Bertz CT molecular complexity index is 1100. The van der Waals surface area contributed by atoms with Crippen molar-refractivity contribution in [2.24, 2.45) is 0 Å². The zero-order valence-electron chi connectivity index (χ0n) is 19.9. The molecule has 0 aliphatic carbocycles. The average molecular weight is 482 g/mol. The Morgan fingerprint density at radius 1 is 1.00 bits per heavy atom. The lowest BCUT2D eigenvalue weighted by Gasteiger charge is -2.27. The number of ether oxygens (including phenoxy) is 2. The number of hydrogen-bond acceptors (Lipinski definition) is 7. The van der Waals surface area contributed by atoms with Crippen molar-refractivity contribution in [1.82, 2.24) is 19.7 Å². The number of hydrogen-bond donors (Lipinski definition) is 0. The first-order valence-corrected chi connectivity index (χ1v) is 12.4. The molecule has 9 heteroatoms. The number of aromatic nitrogens is 3. The number of carbonyl (C=O) groups is 1. The second kappa shape index (κ2) is 11.3. The highest BCUT2D eigenvalue weighted by atomic mass is 32.2. The van der Waals surface area contributed by atoms with Gasteiger partial charge in [0, 0.05) is 26.7 Å². The van der Waals surface area contributed by atoms with Crippen LogP contribution in [0.25, 0.3) is 5.69 Å². The van der Waals surface area contributed by atoms with E-state index in [-0.39, 0.29) is 11.7 Å². The third kappa shape index (κ3) is 5.47. The number of thioether (sulfide) groups is 1. The molecule has 1 saturated heterocycles. The van der Waals surface area contributed by atoms with Crippen LogP contribution in [-0.2, 0) is 11.3 Å². The van der Waals surface area contributed by atoms with E-state index in [2.05, 4.69) is 19.7 Å². The number of benzene rings is 2. The van der Waals surface area contributed by atoms with Gasteiger partial charge in [0.1, 0.15) is 0 Å². The van der Waals surface area contributed by atoms with Crippen LogP contribution in [0.5, 0.6) is 11.5 Å². The Balaban J connectivity index is 1.46. The van der Waals surface area contributed by atoms with Gasteiger partial charge in [0.05, 0.1) is 25.7 Å². The van der Waals surface area contributed by atoms with E-state index in [1.807, 2.05) is 48.5 Å². The van der Waals surface area contributed by atoms with E-state index in [0.717, 1.165) is 48.3 Å². The maximum Gasteiger partial charge on any atom is 0.233 e. The van der Waals surface area contributed by atoms with Gasteiger partial charge in [0.2, 0.25) is 11.9 Å². The summed E-state index contributed by atoms with van der Waals surface area (Å²) in [4.78, 5) is 16.9. The van der Waals surface area contributed by atoms with Crippen molar-refractivity contribution in [1.29, 1.82) is 0 Å². The quantitative estimate of drug-likeness (QED) is 0.427. The first-order chi connectivity index (χ1) is 16.6. The fourth-order valence-corrected chi connectivity index (χ4v) is 4.92. The largest absolute Gasteiger partial charge is 0.493 e. The lowest BCUT2D eigenvalue weighted by molar-refractivity contribution is -0.127. The van der Waals surface area contributed by atoms with Crippen molar-refractivity contribution < 1.29 is 14.3 Å². The highest BCUT2D eigenvalue weighted by Crippen LogP contribution is 2.30. The van der Waals surface area contributed by atoms with Crippen LogP contribution >= 0.6 is 11.8 Å². The maximum absolute atomic E-state index is 12.9. The van der Waals surface area contributed by atoms with Gasteiger partial charge in [0.15, 0.2) is 16.7 Å². The minimum Gasteiger partial charge on any atom is -0.493 e. The van der Waals surface area contributed by atoms with Crippen LogP contribution in [0.1, 0.15) is 24.8 Å². The zero-order chi connectivity index (χ0) is 23.9. The Hall–Kier alpha value is -3.20. The van der Waals surface area contributed by atoms with Crippen LogP contribution in [0.4, 0.5) is 5.95 Å². The van der Waals surface area contributed by atoms with Crippen molar-refractivity contribution >= 4 is 23.6 Å². The summed E-state index contributed by atoms with van der Waals surface area (Å²) in [5, 5.41) is 9.69. The first-order valence-electron chi connectivity index (χ1n) is 11.4.